The van der Waals surface area contributed by atoms with Crippen molar-refractivity contribution >= 4 is 11.8 Å². The summed E-state index contributed by atoms with van der Waals surface area (Å²) >= 11 is 0. The van der Waals surface area contributed by atoms with Crippen molar-refractivity contribution in [2.24, 2.45) is 11.8 Å². The number of hydrogen-bond donors (Lipinski definition) is 1. The van der Waals surface area contributed by atoms with E-state index in [1.807, 2.05) is 0 Å². The van der Waals surface area contributed by atoms with E-state index in [4.69, 9.17) is 5.11 Å². The lowest BCUT2D eigenvalue weighted by Crippen LogP contribution is -2.11. The maximum absolute atomic E-state index is 13.0. The first-order valence-corrected chi connectivity index (χ1v) is 6.08. The van der Waals surface area contributed by atoms with Crippen LogP contribution in [0.25, 0.3) is 0 Å². The summed E-state index contributed by atoms with van der Waals surface area (Å²) in [5, 5.41) is 8.88. The first kappa shape index (κ1) is 12.7. The Kier molecular flexibility index (Phi) is 3.75. The minimum atomic E-state index is -0.782. The minimum Gasteiger partial charge on any atom is -0.481 e. The van der Waals surface area contributed by atoms with E-state index in [1.54, 1.807) is 6.07 Å². The molecule has 0 heterocycles. The molecule has 0 bridgehead atoms. The minimum absolute atomic E-state index is 0.106. The number of rotatable bonds is 4. The number of carbonyl (C=O) groups excluding carboxylic acids is 1. The summed E-state index contributed by atoms with van der Waals surface area (Å²) in [7, 11) is 0. The van der Waals surface area contributed by atoms with Crippen molar-refractivity contribution in [3.05, 3.63) is 35.6 Å². The van der Waals surface area contributed by atoms with Crippen molar-refractivity contribution in [1.82, 2.24) is 0 Å². The molecule has 1 aromatic rings. The Hall–Kier alpha value is -1.71. The fraction of sp³-hybridized carbons (Fsp3) is 0.429. The van der Waals surface area contributed by atoms with Gasteiger partial charge in [-0.1, -0.05) is 12.1 Å². The molecule has 0 saturated heterocycles. The normalized spacial score (nSPS) is 22.9. The molecular formula is C14H15FO3. The molecule has 2 atom stereocenters. The number of Topliss-reactive ketones (excluding diaryl/α,β-unsaturated/α-hetero) is 1. The quantitative estimate of drug-likeness (QED) is 0.836. The molecule has 1 aliphatic rings. The Labute approximate surface area is 105 Å². The van der Waals surface area contributed by atoms with Gasteiger partial charge in [0.15, 0.2) is 5.78 Å². The molecule has 4 heteroatoms. The predicted octanol–water partition coefficient (Wildman–Crippen LogP) is 2.90. The highest BCUT2D eigenvalue weighted by Crippen LogP contribution is 2.33. The predicted molar refractivity (Wildman–Crippen MR) is 63.8 cm³/mol. The van der Waals surface area contributed by atoms with Crippen molar-refractivity contribution < 1.29 is 19.1 Å². The van der Waals surface area contributed by atoms with Crippen LogP contribution in [0.3, 0.4) is 0 Å². The molecule has 0 unspecified atom stereocenters. The lowest BCUT2D eigenvalue weighted by atomic mass is 9.96. The second kappa shape index (κ2) is 5.29. The first-order chi connectivity index (χ1) is 8.56. The van der Waals surface area contributed by atoms with Crippen LogP contribution in [0.5, 0.6) is 0 Å². The molecule has 0 aliphatic heterocycles. The molecule has 1 saturated carbocycles. The van der Waals surface area contributed by atoms with E-state index in [9.17, 15) is 14.0 Å². The van der Waals surface area contributed by atoms with E-state index in [0.29, 0.717) is 24.8 Å². The Balaban J connectivity index is 1.95. The van der Waals surface area contributed by atoms with Gasteiger partial charge in [-0.2, -0.15) is 0 Å². The number of aliphatic carboxylic acids is 1. The lowest BCUT2D eigenvalue weighted by Gasteiger charge is -2.08. The monoisotopic (exact) mass is 250 g/mol. The van der Waals surface area contributed by atoms with Crippen LogP contribution in [-0.4, -0.2) is 16.9 Å². The third kappa shape index (κ3) is 2.94. The zero-order valence-electron chi connectivity index (χ0n) is 9.93. The van der Waals surface area contributed by atoms with Crippen molar-refractivity contribution in [3.63, 3.8) is 0 Å². The van der Waals surface area contributed by atoms with E-state index < -0.39 is 11.8 Å². The summed E-state index contributed by atoms with van der Waals surface area (Å²) < 4.78 is 13.0. The standard InChI is InChI=1S/C14H15FO3/c15-12-3-1-2-10(8-12)13(16)7-9-4-5-11(6-9)14(17)18/h1-3,8-9,11H,4-7H2,(H,17,18)/t9-,11+/m0/s1. The number of benzene rings is 1. The van der Waals surface area contributed by atoms with Gasteiger partial charge < -0.3 is 5.11 Å². The van der Waals surface area contributed by atoms with Crippen molar-refractivity contribution in [3.8, 4) is 0 Å². The smallest absolute Gasteiger partial charge is 0.306 e. The third-order valence-electron chi connectivity index (χ3n) is 3.51. The van der Waals surface area contributed by atoms with Gasteiger partial charge in [-0.15, -0.1) is 0 Å². The van der Waals surface area contributed by atoms with Crippen LogP contribution in [-0.2, 0) is 4.79 Å². The van der Waals surface area contributed by atoms with Crippen LogP contribution in [0.1, 0.15) is 36.0 Å². The van der Waals surface area contributed by atoms with E-state index >= 15 is 0 Å². The highest BCUT2D eigenvalue weighted by molar-refractivity contribution is 5.96. The summed E-state index contributed by atoms with van der Waals surface area (Å²) in [6.07, 6.45) is 2.26. The summed E-state index contributed by atoms with van der Waals surface area (Å²) in [4.78, 5) is 22.7. The van der Waals surface area contributed by atoms with Gasteiger partial charge in [0, 0.05) is 12.0 Å². The molecule has 1 aliphatic carbocycles. The molecule has 1 aromatic carbocycles. The summed E-state index contributed by atoms with van der Waals surface area (Å²) in [5.41, 5.74) is 0.369. The lowest BCUT2D eigenvalue weighted by molar-refractivity contribution is -0.141. The first-order valence-electron chi connectivity index (χ1n) is 6.08. The highest BCUT2D eigenvalue weighted by atomic mass is 19.1. The van der Waals surface area contributed by atoms with Crippen LogP contribution in [0.2, 0.25) is 0 Å². The van der Waals surface area contributed by atoms with E-state index in [-0.39, 0.29) is 17.6 Å². The van der Waals surface area contributed by atoms with Crippen LogP contribution >= 0.6 is 0 Å². The van der Waals surface area contributed by atoms with E-state index in [0.717, 1.165) is 6.42 Å². The Bertz CT molecular complexity index is 470. The Morgan fingerprint density at radius 2 is 2.11 bits per heavy atom. The van der Waals surface area contributed by atoms with Gasteiger partial charge in [0.1, 0.15) is 5.82 Å². The Morgan fingerprint density at radius 1 is 1.33 bits per heavy atom. The third-order valence-corrected chi connectivity index (χ3v) is 3.51. The Morgan fingerprint density at radius 3 is 2.72 bits per heavy atom. The van der Waals surface area contributed by atoms with Gasteiger partial charge in [0.2, 0.25) is 0 Å². The molecule has 0 aromatic heterocycles. The van der Waals surface area contributed by atoms with Crippen molar-refractivity contribution in [2.45, 2.75) is 25.7 Å². The average molecular weight is 250 g/mol. The van der Waals surface area contributed by atoms with Crippen LogP contribution in [0.15, 0.2) is 24.3 Å². The molecule has 3 nitrogen and oxygen atoms in total. The summed E-state index contributed by atoms with van der Waals surface area (Å²) in [6, 6.07) is 5.63. The molecule has 0 radical (unpaired) electrons. The van der Waals surface area contributed by atoms with Gasteiger partial charge >= 0.3 is 5.97 Å². The van der Waals surface area contributed by atoms with E-state index in [2.05, 4.69) is 0 Å². The topological polar surface area (TPSA) is 54.4 Å². The summed E-state index contributed by atoms with van der Waals surface area (Å²) in [6.45, 7) is 0. The molecule has 96 valence electrons. The fourth-order valence-electron chi connectivity index (χ4n) is 2.53. The molecule has 2 rings (SSSR count). The molecule has 18 heavy (non-hydrogen) atoms. The van der Waals surface area contributed by atoms with Crippen molar-refractivity contribution in [1.29, 1.82) is 0 Å². The number of carbonyl (C=O) groups is 2. The second-order valence-corrected chi connectivity index (χ2v) is 4.85. The largest absolute Gasteiger partial charge is 0.481 e. The molecule has 1 N–H and O–H groups in total. The maximum atomic E-state index is 13.0. The van der Waals surface area contributed by atoms with Crippen LogP contribution in [0.4, 0.5) is 4.39 Å². The number of carboxylic acids is 1. The summed E-state index contributed by atoms with van der Waals surface area (Å²) in [5.74, 6) is -1.52. The molecule has 1 fully saturated rings. The highest BCUT2D eigenvalue weighted by Gasteiger charge is 2.30. The van der Waals surface area contributed by atoms with Gasteiger partial charge in [-0.05, 0) is 37.3 Å². The molecular weight excluding hydrogens is 235 g/mol. The average Bonchev–Trinajstić information content (AvgIpc) is 2.77. The number of carboxylic acid groups (broad SMARTS) is 1. The van der Waals surface area contributed by atoms with Gasteiger partial charge in [-0.3, -0.25) is 9.59 Å². The van der Waals surface area contributed by atoms with Crippen molar-refractivity contribution in [2.75, 3.05) is 0 Å². The van der Waals surface area contributed by atoms with E-state index in [1.165, 1.54) is 18.2 Å². The SMILES string of the molecule is O=C(C[C@H]1CC[C@@H](C(=O)O)C1)c1cccc(F)c1. The molecule has 0 amide bonds. The van der Waals surface area contributed by atoms with Crippen LogP contribution in [0, 0.1) is 17.7 Å². The maximum Gasteiger partial charge on any atom is 0.306 e. The molecule has 0 spiro atoms. The second-order valence-electron chi connectivity index (χ2n) is 4.85. The zero-order valence-corrected chi connectivity index (χ0v) is 9.93. The van der Waals surface area contributed by atoms with Gasteiger partial charge in [0.05, 0.1) is 5.92 Å². The number of ketones is 1. The zero-order chi connectivity index (χ0) is 13.1. The van der Waals surface area contributed by atoms with Gasteiger partial charge in [0.25, 0.3) is 0 Å². The van der Waals surface area contributed by atoms with Gasteiger partial charge in [-0.25, -0.2) is 4.39 Å². The van der Waals surface area contributed by atoms with Crippen LogP contribution < -0.4 is 0 Å². The number of hydrogen-bond acceptors (Lipinski definition) is 2. The fourth-order valence-corrected chi connectivity index (χ4v) is 2.53. The number of halogens is 1.